The molecule has 0 saturated heterocycles. The lowest BCUT2D eigenvalue weighted by atomic mass is 9.83. The first-order valence-corrected chi connectivity index (χ1v) is 9.73. The van der Waals surface area contributed by atoms with Crippen LogP contribution in [-0.2, 0) is 16.1 Å². The first kappa shape index (κ1) is 21.6. The molecule has 2 aromatic rings. The maximum absolute atomic E-state index is 13.6. The number of carbonyl (C=O) groups is 1. The molecule has 7 nitrogen and oxygen atoms in total. The third-order valence-corrected chi connectivity index (χ3v) is 5.04. The van der Waals surface area contributed by atoms with Gasteiger partial charge in [0.15, 0.2) is 0 Å². The zero-order valence-electron chi connectivity index (χ0n) is 17.6. The zero-order chi connectivity index (χ0) is 22.0. The van der Waals surface area contributed by atoms with Gasteiger partial charge in [-0.05, 0) is 45.6 Å². The van der Waals surface area contributed by atoms with Crippen molar-refractivity contribution in [3.05, 3.63) is 74.8 Å². The lowest BCUT2D eigenvalue weighted by Crippen LogP contribution is -2.36. The van der Waals surface area contributed by atoms with Crippen LogP contribution in [0.1, 0.15) is 29.7 Å². The number of aromatic nitrogens is 1. The maximum Gasteiger partial charge on any atom is 0.340 e. The number of benzene rings is 1. The van der Waals surface area contributed by atoms with Crippen LogP contribution in [0.4, 0.5) is 4.39 Å². The maximum atomic E-state index is 13.6. The Labute approximate surface area is 174 Å². The van der Waals surface area contributed by atoms with E-state index in [0.717, 1.165) is 0 Å². The minimum absolute atomic E-state index is 0.0380. The lowest BCUT2D eigenvalue weighted by Gasteiger charge is -2.29. The van der Waals surface area contributed by atoms with Gasteiger partial charge in [-0.2, -0.15) is 0 Å². The van der Waals surface area contributed by atoms with E-state index in [1.165, 1.54) is 24.3 Å². The summed E-state index contributed by atoms with van der Waals surface area (Å²) in [6.45, 7) is 4.75. The van der Waals surface area contributed by atoms with Crippen LogP contribution in [0.25, 0.3) is 0 Å². The molecule has 160 valence electrons. The molecule has 0 radical (unpaired) electrons. The van der Waals surface area contributed by atoms with Crippen LogP contribution in [0.15, 0.2) is 46.6 Å². The van der Waals surface area contributed by atoms with Gasteiger partial charge >= 0.3 is 5.97 Å². The van der Waals surface area contributed by atoms with E-state index in [4.69, 9.17) is 15.2 Å². The Bertz CT molecular complexity index is 1040. The highest BCUT2D eigenvalue weighted by Crippen LogP contribution is 2.41. The van der Waals surface area contributed by atoms with Crippen molar-refractivity contribution < 1.29 is 18.7 Å². The highest BCUT2D eigenvalue weighted by molar-refractivity contribution is 5.92. The van der Waals surface area contributed by atoms with Gasteiger partial charge in [0.2, 0.25) is 5.88 Å². The van der Waals surface area contributed by atoms with Crippen LogP contribution in [-0.4, -0.2) is 42.7 Å². The van der Waals surface area contributed by atoms with Crippen LogP contribution < -0.4 is 16.0 Å². The van der Waals surface area contributed by atoms with Crippen molar-refractivity contribution >= 4 is 5.97 Å². The molecule has 30 heavy (non-hydrogen) atoms. The molecule has 1 aliphatic rings. The van der Waals surface area contributed by atoms with E-state index in [2.05, 4.69) is 0 Å². The van der Waals surface area contributed by atoms with E-state index in [1.54, 1.807) is 17.6 Å². The van der Waals surface area contributed by atoms with Gasteiger partial charge in [0.1, 0.15) is 17.1 Å². The number of halogens is 1. The Kier molecular flexibility index (Phi) is 6.26. The van der Waals surface area contributed by atoms with Gasteiger partial charge in [-0.3, -0.25) is 4.79 Å². The number of hydrogen-bond acceptors (Lipinski definition) is 6. The number of fused-ring (bicyclic) bond motifs is 1. The Balaban J connectivity index is 2.24. The van der Waals surface area contributed by atoms with E-state index >= 15 is 0 Å². The van der Waals surface area contributed by atoms with Crippen molar-refractivity contribution in [3.63, 3.8) is 0 Å². The minimum atomic E-state index is -0.827. The van der Waals surface area contributed by atoms with Crippen molar-refractivity contribution in [3.8, 4) is 5.75 Å². The van der Waals surface area contributed by atoms with Gasteiger partial charge in [-0.25, -0.2) is 9.18 Å². The van der Waals surface area contributed by atoms with E-state index in [-0.39, 0.29) is 29.2 Å². The summed E-state index contributed by atoms with van der Waals surface area (Å²) in [6.07, 6.45) is 0. The fourth-order valence-electron chi connectivity index (χ4n) is 3.56. The summed E-state index contributed by atoms with van der Waals surface area (Å²) in [6, 6.07) is 7.36. The summed E-state index contributed by atoms with van der Waals surface area (Å²) in [5.41, 5.74) is 7.39. The SMILES string of the molecule is CCOC(=O)C1=C(N)Oc2cc(C)n(CCN(C)C)c(=O)c2C1c1ccc(F)cc1. The summed E-state index contributed by atoms with van der Waals surface area (Å²) in [7, 11) is 3.84. The third kappa shape index (κ3) is 4.09. The number of esters is 1. The highest BCUT2D eigenvalue weighted by Gasteiger charge is 2.38. The first-order valence-electron chi connectivity index (χ1n) is 9.73. The van der Waals surface area contributed by atoms with Crippen molar-refractivity contribution in [2.24, 2.45) is 5.73 Å². The average Bonchev–Trinajstić information content (AvgIpc) is 2.67. The molecule has 0 bridgehead atoms. The standard InChI is InChI=1S/C22H26FN3O4/c1-5-29-22(28)19-17(14-6-8-15(23)9-7-14)18-16(30-20(19)24)12-13(2)26(21(18)27)11-10-25(3)4/h6-9,12,17H,5,10-11,24H2,1-4H3. The third-order valence-electron chi connectivity index (χ3n) is 5.04. The summed E-state index contributed by atoms with van der Waals surface area (Å²) in [5.74, 6) is -1.76. The zero-order valence-corrected chi connectivity index (χ0v) is 17.6. The molecular formula is C22H26FN3O4. The van der Waals surface area contributed by atoms with Gasteiger partial charge in [-0.15, -0.1) is 0 Å². The number of nitrogens with zero attached hydrogens (tertiary/aromatic N) is 2. The summed E-state index contributed by atoms with van der Waals surface area (Å²) in [5, 5.41) is 0. The molecule has 0 saturated carbocycles. The number of aryl methyl sites for hydroxylation is 1. The number of ether oxygens (including phenoxy) is 2. The molecule has 3 rings (SSSR count). The van der Waals surface area contributed by atoms with Crippen molar-refractivity contribution in [2.75, 3.05) is 27.2 Å². The van der Waals surface area contributed by atoms with Crippen LogP contribution in [0.5, 0.6) is 5.75 Å². The van der Waals surface area contributed by atoms with Gasteiger partial charge in [0.05, 0.1) is 18.1 Å². The molecule has 1 atom stereocenters. The van der Waals surface area contributed by atoms with Gasteiger partial charge in [-0.1, -0.05) is 12.1 Å². The van der Waals surface area contributed by atoms with Crippen molar-refractivity contribution in [2.45, 2.75) is 26.3 Å². The Morgan fingerprint density at radius 2 is 1.97 bits per heavy atom. The van der Waals surface area contributed by atoms with Crippen LogP contribution in [0, 0.1) is 12.7 Å². The fourth-order valence-corrected chi connectivity index (χ4v) is 3.56. The predicted octanol–water partition coefficient (Wildman–Crippen LogP) is 2.12. The Morgan fingerprint density at radius 1 is 1.30 bits per heavy atom. The number of nitrogens with two attached hydrogens (primary N) is 1. The van der Waals surface area contributed by atoms with Crippen molar-refractivity contribution in [1.29, 1.82) is 0 Å². The second kappa shape index (κ2) is 8.71. The molecule has 1 unspecified atom stereocenters. The molecule has 0 amide bonds. The van der Waals surface area contributed by atoms with Crippen LogP contribution in [0.3, 0.4) is 0 Å². The minimum Gasteiger partial charge on any atom is -0.462 e. The van der Waals surface area contributed by atoms with E-state index in [1.807, 2.05) is 25.9 Å². The van der Waals surface area contributed by atoms with E-state index < -0.39 is 17.7 Å². The number of hydrogen-bond donors (Lipinski definition) is 1. The Morgan fingerprint density at radius 3 is 2.57 bits per heavy atom. The molecule has 0 fully saturated rings. The summed E-state index contributed by atoms with van der Waals surface area (Å²) < 4.78 is 26.1. The molecule has 1 aromatic carbocycles. The molecule has 1 aliphatic heterocycles. The number of pyridine rings is 1. The molecule has 2 N–H and O–H groups in total. The van der Waals surface area contributed by atoms with Gasteiger partial charge in [0.25, 0.3) is 5.56 Å². The van der Waals surface area contributed by atoms with E-state index in [0.29, 0.717) is 30.1 Å². The van der Waals surface area contributed by atoms with Gasteiger partial charge < -0.3 is 24.7 Å². The molecule has 8 heteroatoms. The van der Waals surface area contributed by atoms with Crippen LogP contribution in [0.2, 0.25) is 0 Å². The lowest BCUT2D eigenvalue weighted by molar-refractivity contribution is -0.139. The van der Waals surface area contributed by atoms with E-state index in [9.17, 15) is 14.0 Å². The normalized spacial score (nSPS) is 15.7. The van der Waals surface area contributed by atoms with Crippen LogP contribution >= 0.6 is 0 Å². The predicted molar refractivity (Wildman–Crippen MR) is 111 cm³/mol. The topological polar surface area (TPSA) is 86.8 Å². The van der Waals surface area contributed by atoms with Gasteiger partial charge in [0, 0.05) is 24.8 Å². The first-order chi connectivity index (χ1) is 14.2. The summed E-state index contributed by atoms with van der Waals surface area (Å²) in [4.78, 5) is 28.2. The number of likely N-dealkylation sites (N-methyl/N-ethyl adjacent to an activating group) is 1. The molecule has 2 heterocycles. The second-order valence-electron chi connectivity index (χ2n) is 7.41. The molecule has 1 aromatic heterocycles. The average molecular weight is 415 g/mol. The molecular weight excluding hydrogens is 389 g/mol. The Hall–Kier alpha value is -3.13. The fraction of sp³-hybridized carbons (Fsp3) is 0.364. The van der Waals surface area contributed by atoms with Crippen molar-refractivity contribution in [1.82, 2.24) is 9.47 Å². The second-order valence-corrected chi connectivity index (χ2v) is 7.41. The summed E-state index contributed by atoms with van der Waals surface area (Å²) >= 11 is 0. The largest absolute Gasteiger partial charge is 0.462 e. The number of carbonyl (C=O) groups excluding carboxylic acids is 1. The number of rotatable bonds is 6. The molecule has 0 spiro atoms. The smallest absolute Gasteiger partial charge is 0.340 e. The molecule has 0 aliphatic carbocycles. The quantitative estimate of drug-likeness (QED) is 0.728. The monoisotopic (exact) mass is 415 g/mol. The highest BCUT2D eigenvalue weighted by atomic mass is 19.1.